The van der Waals surface area contributed by atoms with Crippen molar-refractivity contribution in [2.45, 2.75) is 0 Å². The zero-order valence-corrected chi connectivity index (χ0v) is 28.8. The Morgan fingerprint density at radius 2 is 1.02 bits per heavy atom. The first-order chi connectivity index (χ1) is 25.7. The van der Waals surface area contributed by atoms with Crippen molar-refractivity contribution in [2.24, 2.45) is 0 Å². The molecular formula is C45H30N5OP. The molecule has 1 aliphatic heterocycles. The Kier molecular flexibility index (Phi) is 6.98. The van der Waals surface area contributed by atoms with Gasteiger partial charge >= 0.3 is 0 Å². The van der Waals surface area contributed by atoms with Crippen molar-refractivity contribution in [1.82, 2.24) is 19.5 Å². The van der Waals surface area contributed by atoms with Gasteiger partial charge in [-0.05, 0) is 54.1 Å². The summed E-state index contributed by atoms with van der Waals surface area (Å²) in [6, 6.07) is 60.9. The summed E-state index contributed by atoms with van der Waals surface area (Å²) in [5.74, 6) is 1.69. The molecule has 0 fully saturated rings. The van der Waals surface area contributed by atoms with Gasteiger partial charge in [0.25, 0.3) is 0 Å². The Balaban J connectivity index is 1.31. The number of fused-ring (bicyclic) bond motifs is 6. The maximum absolute atomic E-state index is 16.3. The summed E-state index contributed by atoms with van der Waals surface area (Å²) in [6.45, 7) is 0. The monoisotopic (exact) mass is 687 g/mol. The van der Waals surface area contributed by atoms with Crippen LogP contribution in [0.2, 0.25) is 0 Å². The zero-order valence-electron chi connectivity index (χ0n) is 27.9. The highest BCUT2D eigenvalue weighted by atomic mass is 31.2. The lowest BCUT2D eigenvalue weighted by Gasteiger charge is -2.40. The molecule has 0 saturated carbocycles. The summed E-state index contributed by atoms with van der Waals surface area (Å²) in [6.07, 6.45) is 0. The van der Waals surface area contributed by atoms with Crippen molar-refractivity contribution in [2.75, 3.05) is 4.67 Å². The maximum atomic E-state index is 16.3. The highest BCUT2D eigenvalue weighted by Gasteiger charge is 2.43. The summed E-state index contributed by atoms with van der Waals surface area (Å²) >= 11 is 0. The summed E-state index contributed by atoms with van der Waals surface area (Å²) < 4.78 is 20.5. The van der Waals surface area contributed by atoms with E-state index in [4.69, 9.17) is 15.0 Å². The van der Waals surface area contributed by atoms with Crippen molar-refractivity contribution in [3.63, 3.8) is 0 Å². The minimum absolute atomic E-state index is 0.514. The van der Waals surface area contributed by atoms with Crippen LogP contribution in [0.3, 0.4) is 0 Å². The molecule has 0 radical (unpaired) electrons. The minimum Gasteiger partial charge on any atom is -0.289 e. The van der Waals surface area contributed by atoms with Gasteiger partial charge in [0.05, 0.1) is 16.7 Å². The lowest BCUT2D eigenvalue weighted by molar-refractivity contribution is 0.587. The molecule has 0 amide bonds. The lowest BCUT2D eigenvalue weighted by Crippen LogP contribution is -2.33. The molecule has 246 valence electrons. The summed E-state index contributed by atoms with van der Waals surface area (Å²) in [5.41, 5.74) is 7.38. The second-order valence-corrected chi connectivity index (χ2v) is 15.4. The van der Waals surface area contributed by atoms with Gasteiger partial charge < -0.3 is 0 Å². The summed E-state index contributed by atoms with van der Waals surface area (Å²) in [7, 11) is -3.48. The van der Waals surface area contributed by atoms with Crippen LogP contribution in [-0.2, 0) is 4.57 Å². The van der Waals surface area contributed by atoms with Crippen LogP contribution in [0.4, 0.5) is 11.4 Å². The van der Waals surface area contributed by atoms with Gasteiger partial charge in [0.1, 0.15) is 0 Å². The fraction of sp³-hybridized carbons (Fsp3) is 0. The molecule has 10 rings (SSSR count). The van der Waals surface area contributed by atoms with Crippen molar-refractivity contribution in [3.05, 3.63) is 182 Å². The van der Waals surface area contributed by atoms with E-state index in [0.29, 0.717) is 17.6 Å². The number of aromatic nitrogens is 4. The Bertz CT molecular complexity index is 2760. The number of hydrogen-bond donors (Lipinski definition) is 0. The first kappa shape index (κ1) is 30.2. The molecule has 6 nitrogen and oxygen atoms in total. The highest BCUT2D eigenvalue weighted by molar-refractivity contribution is 7.80. The molecule has 0 aliphatic carbocycles. The van der Waals surface area contributed by atoms with Crippen molar-refractivity contribution >= 4 is 51.1 Å². The number of hydrogen-bond acceptors (Lipinski definition) is 4. The molecule has 7 aromatic carbocycles. The highest BCUT2D eigenvalue weighted by Crippen LogP contribution is 2.61. The minimum atomic E-state index is -3.48. The SMILES string of the molecule is O=P1(c2ccccc2)c2cc3c4ccccc4n(-c4nc(-c5ccccc5)nc(-c5ccccc5)n4)c3cc2-c2ccccc2N1c1ccccc1. The van der Waals surface area contributed by atoms with Crippen LogP contribution in [0.5, 0.6) is 0 Å². The van der Waals surface area contributed by atoms with E-state index in [0.717, 1.165) is 66.0 Å². The van der Waals surface area contributed by atoms with E-state index in [1.165, 1.54) is 0 Å². The third-order valence-corrected chi connectivity index (χ3v) is 12.8. The van der Waals surface area contributed by atoms with E-state index in [1.54, 1.807) is 0 Å². The summed E-state index contributed by atoms with van der Waals surface area (Å²) in [5, 5.41) is 3.56. The van der Waals surface area contributed by atoms with Gasteiger partial charge in [-0.25, -0.2) is 4.98 Å². The van der Waals surface area contributed by atoms with Gasteiger partial charge in [0.15, 0.2) is 11.6 Å². The number of para-hydroxylation sites is 3. The number of benzene rings is 7. The largest absolute Gasteiger partial charge is 0.289 e. The first-order valence-electron chi connectivity index (χ1n) is 17.2. The first-order valence-corrected chi connectivity index (χ1v) is 18.9. The Labute approximate surface area is 300 Å². The smallest absolute Gasteiger partial charge is 0.238 e. The van der Waals surface area contributed by atoms with Crippen LogP contribution >= 0.6 is 7.29 Å². The van der Waals surface area contributed by atoms with Crippen molar-refractivity contribution in [3.8, 4) is 39.9 Å². The van der Waals surface area contributed by atoms with Crippen LogP contribution in [0, 0.1) is 0 Å². The second-order valence-electron chi connectivity index (χ2n) is 12.8. The topological polar surface area (TPSA) is 63.9 Å². The van der Waals surface area contributed by atoms with Crippen molar-refractivity contribution < 1.29 is 4.57 Å². The molecule has 52 heavy (non-hydrogen) atoms. The molecule has 0 bridgehead atoms. The predicted octanol–water partition coefficient (Wildman–Crippen LogP) is 10.4. The van der Waals surface area contributed by atoms with Gasteiger partial charge in [0.2, 0.25) is 13.2 Å². The van der Waals surface area contributed by atoms with Gasteiger partial charge in [-0.15, -0.1) is 0 Å². The van der Waals surface area contributed by atoms with Gasteiger partial charge in [0, 0.05) is 43.8 Å². The van der Waals surface area contributed by atoms with Gasteiger partial charge in [-0.3, -0.25) is 13.8 Å². The molecule has 0 saturated heterocycles. The van der Waals surface area contributed by atoms with E-state index in [9.17, 15) is 0 Å². The predicted molar refractivity (Wildman–Crippen MR) is 212 cm³/mol. The average Bonchev–Trinajstić information content (AvgIpc) is 3.55. The Hall–Kier alpha value is -6.62. The second kappa shape index (κ2) is 12.0. The van der Waals surface area contributed by atoms with E-state index in [2.05, 4.69) is 51.7 Å². The van der Waals surface area contributed by atoms with E-state index in [1.807, 2.05) is 140 Å². The van der Waals surface area contributed by atoms with Gasteiger partial charge in [-0.1, -0.05) is 133 Å². The number of nitrogens with zero attached hydrogens (tertiary/aromatic N) is 5. The molecule has 2 aromatic heterocycles. The molecule has 1 atom stereocenters. The molecule has 1 unspecified atom stereocenters. The fourth-order valence-corrected chi connectivity index (χ4v) is 10.5. The van der Waals surface area contributed by atoms with Crippen LogP contribution < -0.4 is 15.3 Å². The van der Waals surface area contributed by atoms with Crippen LogP contribution in [0.15, 0.2) is 182 Å². The van der Waals surface area contributed by atoms with Crippen LogP contribution in [-0.4, -0.2) is 19.5 Å². The normalized spacial score (nSPS) is 15.0. The van der Waals surface area contributed by atoms with E-state index < -0.39 is 7.29 Å². The maximum Gasteiger partial charge on any atom is 0.238 e. The molecule has 9 aromatic rings. The quantitative estimate of drug-likeness (QED) is 0.169. The standard InChI is InChI=1S/C45H30N5OP/c51-52(34-23-11-4-12-24-34)42-30-37-35-25-13-15-27-39(35)49(41(37)29-38(42)36-26-14-16-28-40(36)50(52)33-21-9-3-10-22-33)45-47-43(31-17-5-1-6-18-31)46-44(48-45)32-19-7-2-8-20-32/h1-30H. The summed E-state index contributed by atoms with van der Waals surface area (Å²) in [4.78, 5) is 15.2. The van der Waals surface area contributed by atoms with Crippen LogP contribution in [0.1, 0.15) is 0 Å². The molecule has 0 N–H and O–H groups in total. The van der Waals surface area contributed by atoms with Crippen molar-refractivity contribution in [1.29, 1.82) is 0 Å². The third-order valence-electron chi connectivity index (χ3n) is 9.82. The molecule has 0 spiro atoms. The molecule has 3 heterocycles. The molecule has 1 aliphatic rings. The average molecular weight is 688 g/mol. The third kappa shape index (κ3) is 4.65. The van der Waals surface area contributed by atoms with E-state index in [-0.39, 0.29) is 0 Å². The lowest BCUT2D eigenvalue weighted by atomic mass is 10.0. The fourth-order valence-electron chi connectivity index (χ4n) is 7.48. The number of rotatable bonds is 5. The Morgan fingerprint density at radius 3 is 1.69 bits per heavy atom. The van der Waals surface area contributed by atoms with E-state index >= 15 is 4.57 Å². The van der Waals surface area contributed by atoms with Crippen LogP contribution in [0.25, 0.3) is 61.7 Å². The molecular weight excluding hydrogens is 658 g/mol. The zero-order chi connectivity index (χ0) is 34.6. The Morgan fingerprint density at radius 1 is 0.462 bits per heavy atom. The molecule has 7 heteroatoms. The number of anilines is 2. The van der Waals surface area contributed by atoms with Gasteiger partial charge in [-0.2, -0.15) is 9.97 Å².